The number of hydrogen-bond acceptors (Lipinski definition) is 2. The number of benzene rings is 1. The van der Waals surface area contributed by atoms with E-state index in [1.54, 1.807) is 0 Å². The lowest BCUT2D eigenvalue weighted by molar-refractivity contribution is -0.139. The van der Waals surface area contributed by atoms with Crippen LogP contribution in [0.15, 0.2) is 29.8 Å². The van der Waals surface area contributed by atoms with Gasteiger partial charge in [0, 0.05) is 6.92 Å². The van der Waals surface area contributed by atoms with Crippen molar-refractivity contribution in [2.24, 2.45) is 0 Å². The highest BCUT2D eigenvalue weighted by atomic mass is 16.5. The SMILES string of the molecule is CCCCc1ccc(/C=C(\C)COC(C)=O)cc1. The summed E-state index contributed by atoms with van der Waals surface area (Å²) in [6.07, 6.45) is 5.66. The normalized spacial score (nSPS) is 11.4. The minimum atomic E-state index is -0.238. The number of carbonyl (C=O) groups excluding carboxylic acids is 1. The molecule has 0 radical (unpaired) electrons. The third kappa shape index (κ3) is 5.67. The molecule has 0 fully saturated rings. The van der Waals surface area contributed by atoms with Crippen LogP contribution in [0.5, 0.6) is 0 Å². The van der Waals surface area contributed by atoms with Gasteiger partial charge in [-0.05, 0) is 36.5 Å². The molecule has 1 aromatic rings. The Kier molecular flexibility index (Phi) is 6.20. The maximum atomic E-state index is 10.7. The molecular weight excluding hydrogens is 224 g/mol. The molecule has 0 spiro atoms. The monoisotopic (exact) mass is 246 g/mol. The van der Waals surface area contributed by atoms with E-state index in [1.165, 1.54) is 25.3 Å². The number of esters is 1. The van der Waals surface area contributed by atoms with Crippen LogP contribution < -0.4 is 0 Å². The Bertz CT molecular complexity index is 402. The Morgan fingerprint density at radius 2 is 1.89 bits per heavy atom. The van der Waals surface area contributed by atoms with Crippen LogP contribution in [0.25, 0.3) is 6.08 Å². The first kappa shape index (κ1) is 14.5. The van der Waals surface area contributed by atoms with E-state index < -0.39 is 0 Å². The molecule has 18 heavy (non-hydrogen) atoms. The molecule has 0 N–H and O–H groups in total. The maximum absolute atomic E-state index is 10.7. The van der Waals surface area contributed by atoms with Gasteiger partial charge in [0.25, 0.3) is 0 Å². The van der Waals surface area contributed by atoms with Crippen molar-refractivity contribution in [3.8, 4) is 0 Å². The molecule has 2 nitrogen and oxygen atoms in total. The van der Waals surface area contributed by atoms with Crippen LogP contribution in [0.3, 0.4) is 0 Å². The molecule has 0 unspecified atom stereocenters. The van der Waals surface area contributed by atoms with Gasteiger partial charge in [0.1, 0.15) is 6.61 Å². The number of rotatable bonds is 6. The fourth-order valence-electron chi connectivity index (χ4n) is 1.70. The third-order valence-corrected chi connectivity index (χ3v) is 2.71. The van der Waals surface area contributed by atoms with E-state index >= 15 is 0 Å². The lowest BCUT2D eigenvalue weighted by atomic mass is 10.1. The molecule has 98 valence electrons. The second-order valence-corrected chi connectivity index (χ2v) is 4.62. The lowest BCUT2D eigenvalue weighted by Crippen LogP contribution is -2.01. The second kappa shape index (κ2) is 7.70. The molecule has 0 aromatic heterocycles. The van der Waals surface area contributed by atoms with Crippen LogP contribution in [0.1, 0.15) is 44.7 Å². The van der Waals surface area contributed by atoms with Crippen molar-refractivity contribution in [2.75, 3.05) is 6.61 Å². The highest BCUT2D eigenvalue weighted by Gasteiger charge is 1.96. The Balaban J connectivity index is 2.56. The Hall–Kier alpha value is -1.57. The summed E-state index contributed by atoms with van der Waals surface area (Å²) in [4.78, 5) is 10.7. The molecule has 0 bridgehead atoms. The molecule has 0 aliphatic rings. The smallest absolute Gasteiger partial charge is 0.302 e. The Morgan fingerprint density at radius 3 is 2.44 bits per heavy atom. The van der Waals surface area contributed by atoms with E-state index in [-0.39, 0.29) is 5.97 Å². The molecule has 2 heteroatoms. The molecule has 0 amide bonds. The van der Waals surface area contributed by atoms with E-state index in [0.29, 0.717) is 6.61 Å². The predicted molar refractivity (Wildman–Crippen MR) is 75.3 cm³/mol. The summed E-state index contributed by atoms with van der Waals surface area (Å²) in [5, 5.41) is 0. The maximum Gasteiger partial charge on any atom is 0.302 e. The number of carbonyl (C=O) groups is 1. The van der Waals surface area contributed by atoms with Gasteiger partial charge in [0.2, 0.25) is 0 Å². The Labute approximate surface area is 110 Å². The van der Waals surface area contributed by atoms with Crippen LogP contribution in [0.4, 0.5) is 0 Å². The Morgan fingerprint density at radius 1 is 1.22 bits per heavy atom. The first-order valence-electron chi connectivity index (χ1n) is 6.51. The molecule has 0 saturated carbocycles. The van der Waals surface area contributed by atoms with Crippen LogP contribution in [-0.2, 0) is 16.0 Å². The molecule has 1 aromatic carbocycles. The minimum Gasteiger partial charge on any atom is -0.461 e. The van der Waals surface area contributed by atoms with Gasteiger partial charge in [0.15, 0.2) is 0 Å². The largest absolute Gasteiger partial charge is 0.461 e. The van der Waals surface area contributed by atoms with Gasteiger partial charge in [-0.1, -0.05) is 43.7 Å². The van der Waals surface area contributed by atoms with Crippen LogP contribution in [0.2, 0.25) is 0 Å². The predicted octanol–water partition coefficient (Wildman–Crippen LogP) is 4.00. The quantitative estimate of drug-likeness (QED) is 0.709. The van der Waals surface area contributed by atoms with Crippen LogP contribution in [-0.4, -0.2) is 12.6 Å². The summed E-state index contributed by atoms with van der Waals surface area (Å²) in [5.74, 6) is -0.238. The summed E-state index contributed by atoms with van der Waals surface area (Å²) in [5.41, 5.74) is 3.58. The number of unbranched alkanes of at least 4 members (excludes halogenated alkanes) is 1. The van der Waals surface area contributed by atoms with Crippen molar-refractivity contribution in [3.63, 3.8) is 0 Å². The van der Waals surface area contributed by atoms with Crippen molar-refractivity contribution in [1.29, 1.82) is 0 Å². The summed E-state index contributed by atoms with van der Waals surface area (Å²) >= 11 is 0. The molecular formula is C16H22O2. The van der Waals surface area contributed by atoms with Gasteiger partial charge in [-0.15, -0.1) is 0 Å². The fourth-order valence-corrected chi connectivity index (χ4v) is 1.70. The number of aryl methyl sites for hydroxylation is 1. The van der Waals surface area contributed by atoms with Crippen molar-refractivity contribution in [1.82, 2.24) is 0 Å². The highest BCUT2D eigenvalue weighted by molar-refractivity contribution is 5.66. The average molecular weight is 246 g/mol. The van der Waals surface area contributed by atoms with E-state index in [4.69, 9.17) is 4.74 Å². The van der Waals surface area contributed by atoms with Crippen molar-refractivity contribution >= 4 is 12.0 Å². The van der Waals surface area contributed by atoms with E-state index in [1.807, 2.05) is 13.0 Å². The van der Waals surface area contributed by atoms with E-state index in [9.17, 15) is 4.79 Å². The first-order valence-corrected chi connectivity index (χ1v) is 6.51. The van der Waals surface area contributed by atoms with Crippen molar-refractivity contribution in [3.05, 3.63) is 41.0 Å². The molecule has 0 saturated heterocycles. The zero-order valence-electron chi connectivity index (χ0n) is 11.5. The molecule has 1 rings (SSSR count). The fraction of sp³-hybridized carbons (Fsp3) is 0.438. The van der Waals surface area contributed by atoms with Gasteiger partial charge in [0.05, 0.1) is 0 Å². The van der Waals surface area contributed by atoms with Crippen molar-refractivity contribution in [2.45, 2.75) is 40.0 Å². The van der Waals surface area contributed by atoms with Gasteiger partial charge in [-0.3, -0.25) is 4.79 Å². The first-order chi connectivity index (χ1) is 8.61. The number of hydrogen-bond donors (Lipinski definition) is 0. The average Bonchev–Trinajstić information content (AvgIpc) is 2.35. The third-order valence-electron chi connectivity index (χ3n) is 2.71. The van der Waals surface area contributed by atoms with Gasteiger partial charge < -0.3 is 4.74 Å². The highest BCUT2D eigenvalue weighted by Crippen LogP contribution is 2.11. The summed E-state index contributed by atoms with van der Waals surface area (Å²) in [6, 6.07) is 8.56. The zero-order valence-corrected chi connectivity index (χ0v) is 11.5. The summed E-state index contributed by atoms with van der Waals surface area (Å²) < 4.78 is 4.95. The van der Waals surface area contributed by atoms with Gasteiger partial charge in [-0.25, -0.2) is 0 Å². The molecule has 0 aliphatic heterocycles. The summed E-state index contributed by atoms with van der Waals surface area (Å²) in [6.45, 7) is 5.96. The molecule has 0 atom stereocenters. The van der Waals surface area contributed by atoms with E-state index in [0.717, 1.165) is 17.6 Å². The zero-order chi connectivity index (χ0) is 13.4. The molecule has 0 heterocycles. The lowest BCUT2D eigenvalue weighted by Gasteiger charge is -2.03. The standard InChI is InChI=1S/C16H22O2/c1-4-5-6-15-7-9-16(10-8-15)11-13(2)12-18-14(3)17/h7-11H,4-6,12H2,1-3H3/b13-11+. The number of ether oxygens (including phenoxy) is 1. The topological polar surface area (TPSA) is 26.3 Å². The minimum absolute atomic E-state index is 0.238. The van der Waals surface area contributed by atoms with Gasteiger partial charge >= 0.3 is 5.97 Å². The molecule has 0 aliphatic carbocycles. The second-order valence-electron chi connectivity index (χ2n) is 4.62. The van der Waals surface area contributed by atoms with Crippen molar-refractivity contribution < 1.29 is 9.53 Å². The van der Waals surface area contributed by atoms with E-state index in [2.05, 4.69) is 31.2 Å². The summed E-state index contributed by atoms with van der Waals surface area (Å²) in [7, 11) is 0. The van der Waals surface area contributed by atoms with Crippen LogP contribution in [0, 0.1) is 0 Å². The van der Waals surface area contributed by atoms with Gasteiger partial charge in [-0.2, -0.15) is 0 Å². The van der Waals surface area contributed by atoms with Crippen LogP contribution >= 0.6 is 0 Å².